The van der Waals surface area contributed by atoms with Gasteiger partial charge in [-0.3, -0.25) is 0 Å². The Labute approximate surface area is 140 Å². The summed E-state index contributed by atoms with van der Waals surface area (Å²) in [5, 5.41) is 10.6. The van der Waals surface area contributed by atoms with Gasteiger partial charge in [-0.15, -0.1) is 0 Å². The minimum absolute atomic E-state index is 0.208. The Bertz CT molecular complexity index is 807. The van der Waals surface area contributed by atoms with Gasteiger partial charge in [-0.05, 0) is 54.8 Å². The highest BCUT2D eigenvalue weighted by molar-refractivity contribution is 5.52. The Morgan fingerprint density at radius 2 is 1.21 bits per heavy atom. The summed E-state index contributed by atoms with van der Waals surface area (Å²) in [6.45, 7) is 3.81. The average Bonchev–Trinajstić information content (AvgIpc) is 2.55. The summed E-state index contributed by atoms with van der Waals surface area (Å²) < 4.78 is 26.6. The minimum Gasteiger partial charge on any atom is -0.507 e. The maximum absolute atomic E-state index is 13.3. The molecule has 0 atom stereocenters. The predicted molar refractivity (Wildman–Crippen MR) is 91.3 cm³/mol. The molecule has 3 aromatic rings. The summed E-state index contributed by atoms with van der Waals surface area (Å²) in [7, 11) is 0. The van der Waals surface area contributed by atoms with Crippen LogP contribution in [0.1, 0.15) is 33.7 Å². The SMILES string of the molecule is Cc1cc(C)c(O)c(C(c2ccc(F)cc2)c2ccc(F)cc2)c1. The molecule has 1 N–H and O–H groups in total. The molecule has 0 saturated carbocycles. The van der Waals surface area contributed by atoms with Crippen molar-refractivity contribution in [2.45, 2.75) is 19.8 Å². The smallest absolute Gasteiger partial charge is 0.123 e. The first-order valence-electron chi connectivity index (χ1n) is 7.77. The van der Waals surface area contributed by atoms with Gasteiger partial charge in [0.2, 0.25) is 0 Å². The molecule has 0 fully saturated rings. The van der Waals surface area contributed by atoms with Gasteiger partial charge in [0, 0.05) is 11.5 Å². The first-order valence-corrected chi connectivity index (χ1v) is 7.77. The van der Waals surface area contributed by atoms with E-state index in [-0.39, 0.29) is 23.3 Å². The molecule has 0 radical (unpaired) electrons. The molecular formula is C21H18F2O. The first-order chi connectivity index (χ1) is 11.5. The van der Waals surface area contributed by atoms with Gasteiger partial charge < -0.3 is 5.11 Å². The molecule has 122 valence electrons. The van der Waals surface area contributed by atoms with E-state index in [2.05, 4.69) is 0 Å². The molecule has 0 heterocycles. The van der Waals surface area contributed by atoms with Gasteiger partial charge in [-0.2, -0.15) is 0 Å². The zero-order valence-electron chi connectivity index (χ0n) is 13.6. The predicted octanol–water partition coefficient (Wildman–Crippen LogP) is 5.47. The fraction of sp³-hybridized carbons (Fsp3) is 0.143. The van der Waals surface area contributed by atoms with Crippen LogP contribution in [-0.2, 0) is 0 Å². The normalized spacial score (nSPS) is 11.0. The Hall–Kier alpha value is -2.68. The summed E-state index contributed by atoms with van der Waals surface area (Å²) in [4.78, 5) is 0. The van der Waals surface area contributed by atoms with Gasteiger partial charge in [0.1, 0.15) is 17.4 Å². The number of hydrogen-bond donors (Lipinski definition) is 1. The second-order valence-corrected chi connectivity index (χ2v) is 6.06. The van der Waals surface area contributed by atoms with Crippen LogP contribution in [0.2, 0.25) is 0 Å². The number of aromatic hydroxyl groups is 1. The number of halogens is 2. The van der Waals surface area contributed by atoms with E-state index in [4.69, 9.17) is 0 Å². The van der Waals surface area contributed by atoms with Gasteiger partial charge in [-0.1, -0.05) is 42.0 Å². The van der Waals surface area contributed by atoms with Crippen molar-refractivity contribution in [1.82, 2.24) is 0 Å². The maximum atomic E-state index is 13.3. The third kappa shape index (κ3) is 3.16. The van der Waals surface area contributed by atoms with E-state index >= 15 is 0 Å². The van der Waals surface area contributed by atoms with Crippen LogP contribution >= 0.6 is 0 Å². The van der Waals surface area contributed by atoms with Crippen molar-refractivity contribution in [3.8, 4) is 5.75 Å². The van der Waals surface area contributed by atoms with Gasteiger partial charge in [-0.25, -0.2) is 8.78 Å². The second kappa shape index (κ2) is 6.44. The van der Waals surface area contributed by atoms with Crippen molar-refractivity contribution >= 4 is 0 Å². The molecule has 0 bridgehead atoms. The highest BCUT2D eigenvalue weighted by Crippen LogP contribution is 2.39. The topological polar surface area (TPSA) is 20.2 Å². The third-order valence-corrected chi connectivity index (χ3v) is 4.19. The molecule has 0 spiro atoms. The molecule has 0 aliphatic heterocycles. The van der Waals surface area contributed by atoms with Crippen LogP contribution in [0.4, 0.5) is 8.78 Å². The average molecular weight is 324 g/mol. The first kappa shape index (κ1) is 16.2. The molecule has 0 saturated heterocycles. The lowest BCUT2D eigenvalue weighted by molar-refractivity contribution is 0.462. The van der Waals surface area contributed by atoms with Crippen LogP contribution in [0.3, 0.4) is 0 Å². The number of phenols is 1. The third-order valence-electron chi connectivity index (χ3n) is 4.19. The van der Waals surface area contributed by atoms with Crippen molar-refractivity contribution in [1.29, 1.82) is 0 Å². The van der Waals surface area contributed by atoms with E-state index in [1.54, 1.807) is 24.3 Å². The summed E-state index contributed by atoms with van der Waals surface area (Å²) in [5.74, 6) is -0.730. The molecular weight excluding hydrogens is 306 g/mol. The minimum atomic E-state index is -0.318. The van der Waals surface area contributed by atoms with Crippen molar-refractivity contribution in [3.63, 3.8) is 0 Å². The van der Waals surface area contributed by atoms with E-state index in [0.29, 0.717) is 0 Å². The summed E-state index contributed by atoms with van der Waals surface area (Å²) in [5.41, 5.74) is 4.20. The number of benzene rings is 3. The van der Waals surface area contributed by atoms with Crippen molar-refractivity contribution in [2.24, 2.45) is 0 Å². The monoisotopic (exact) mass is 324 g/mol. The van der Waals surface area contributed by atoms with Crippen LogP contribution in [0.25, 0.3) is 0 Å². The Morgan fingerprint density at radius 3 is 1.67 bits per heavy atom. The lowest BCUT2D eigenvalue weighted by Gasteiger charge is -2.21. The Kier molecular flexibility index (Phi) is 4.34. The van der Waals surface area contributed by atoms with E-state index in [1.807, 2.05) is 26.0 Å². The molecule has 0 aliphatic rings. The Balaban J connectivity index is 2.22. The van der Waals surface area contributed by atoms with Crippen LogP contribution in [0.15, 0.2) is 60.7 Å². The summed E-state index contributed by atoms with van der Waals surface area (Å²) in [6, 6.07) is 16.2. The van der Waals surface area contributed by atoms with Gasteiger partial charge in [0.05, 0.1) is 0 Å². The zero-order chi connectivity index (χ0) is 17.3. The molecule has 3 rings (SSSR count). The molecule has 3 heteroatoms. The molecule has 0 aliphatic carbocycles. The number of rotatable bonds is 3. The van der Waals surface area contributed by atoms with E-state index in [9.17, 15) is 13.9 Å². The number of phenolic OH excluding ortho intramolecular Hbond substituents is 1. The molecule has 24 heavy (non-hydrogen) atoms. The van der Waals surface area contributed by atoms with E-state index < -0.39 is 0 Å². The Morgan fingerprint density at radius 1 is 0.750 bits per heavy atom. The maximum Gasteiger partial charge on any atom is 0.123 e. The highest BCUT2D eigenvalue weighted by atomic mass is 19.1. The summed E-state index contributed by atoms with van der Waals surface area (Å²) >= 11 is 0. The lowest BCUT2D eigenvalue weighted by Crippen LogP contribution is -2.05. The molecule has 0 amide bonds. The van der Waals surface area contributed by atoms with E-state index in [0.717, 1.165) is 27.8 Å². The van der Waals surface area contributed by atoms with Crippen LogP contribution in [-0.4, -0.2) is 5.11 Å². The lowest BCUT2D eigenvalue weighted by atomic mass is 9.83. The molecule has 0 unspecified atom stereocenters. The largest absolute Gasteiger partial charge is 0.507 e. The van der Waals surface area contributed by atoms with Crippen LogP contribution in [0.5, 0.6) is 5.75 Å². The molecule has 0 aromatic heterocycles. The number of hydrogen-bond acceptors (Lipinski definition) is 1. The van der Waals surface area contributed by atoms with Crippen LogP contribution < -0.4 is 0 Å². The number of aryl methyl sites for hydroxylation is 2. The van der Waals surface area contributed by atoms with Gasteiger partial charge in [0.25, 0.3) is 0 Å². The van der Waals surface area contributed by atoms with Crippen molar-refractivity contribution < 1.29 is 13.9 Å². The fourth-order valence-corrected chi connectivity index (χ4v) is 3.07. The zero-order valence-corrected chi connectivity index (χ0v) is 13.6. The van der Waals surface area contributed by atoms with Gasteiger partial charge >= 0.3 is 0 Å². The second-order valence-electron chi connectivity index (χ2n) is 6.06. The van der Waals surface area contributed by atoms with Crippen molar-refractivity contribution in [3.05, 3.63) is 100 Å². The quantitative estimate of drug-likeness (QED) is 0.634. The standard InChI is InChI=1S/C21H18F2O/c1-13-11-14(2)21(24)19(12-13)20(15-3-7-17(22)8-4-15)16-5-9-18(23)10-6-16/h3-12,20,24H,1-2H3. The summed E-state index contributed by atoms with van der Waals surface area (Å²) in [6.07, 6.45) is 0. The fourth-order valence-electron chi connectivity index (χ4n) is 3.07. The molecule has 1 nitrogen and oxygen atoms in total. The van der Waals surface area contributed by atoms with Crippen LogP contribution in [0, 0.1) is 25.5 Å². The van der Waals surface area contributed by atoms with Gasteiger partial charge in [0.15, 0.2) is 0 Å². The highest BCUT2D eigenvalue weighted by Gasteiger charge is 2.21. The molecule has 3 aromatic carbocycles. The van der Waals surface area contributed by atoms with Crippen molar-refractivity contribution in [2.75, 3.05) is 0 Å². The van der Waals surface area contributed by atoms with E-state index in [1.165, 1.54) is 24.3 Å².